The summed E-state index contributed by atoms with van der Waals surface area (Å²) < 4.78 is 52.1. The lowest BCUT2D eigenvalue weighted by Gasteiger charge is -2.14. The van der Waals surface area contributed by atoms with E-state index in [1.165, 1.54) is 25.3 Å². The average molecular weight is 396 g/mol. The second-order valence-electron chi connectivity index (χ2n) is 5.83. The summed E-state index contributed by atoms with van der Waals surface area (Å²) in [6.45, 7) is 1.45. The number of amides is 1. The predicted octanol–water partition coefficient (Wildman–Crippen LogP) is 2.74. The molecule has 0 radical (unpaired) electrons. The summed E-state index contributed by atoms with van der Waals surface area (Å²) in [4.78, 5) is 19.2. The van der Waals surface area contributed by atoms with Crippen LogP contribution in [0.25, 0.3) is 0 Å². The van der Waals surface area contributed by atoms with E-state index < -0.39 is 29.6 Å². The highest BCUT2D eigenvalue weighted by atomic mass is 19.4. The number of aliphatic hydroxyl groups excluding tert-OH is 1. The largest absolute Gasteiger partial charge is 0.416 e. The SMILES string of the molecule is C/C(N)=C(/C=Nc1ccnc(C(O)c2cc(F)cc(C(F)(F)F)c2)c1)C(N)=O. The summed E-state index contributed by atoms with van der Waals surface area (Å²) in [5.41, 5.74) is 9.41. The number of primary amides is 1. The van der Waals surface area contributed by atoms with Crippen LogP contribution in [0.5, 0.6) is 0 Å². The van der Waals surface area contributed by atoms with Crippen LogP contribution >= 0.6 is 0 Å². The third kappa shape index (κ3) is 5.13. The van der Waals surface area contributed by atoms with Crippen LogP contribution in [0, 0.1) is 5.82 Å². The van der Waals surface area contributed by atoms with Crippen LogP contribution in [0.15, 0.2) is 52.8 Å². The molecule has 1 atom stereocenters. The van der Waals surface area contributed by atoms with Gasteiger partial charge < -0.3 is 16.6 Å². The van der Waals surface area contributed by atoms with Gasteiger partial charge in [0.1, 0.15) is 11.9 Å². The molecule has 1 aromatic carbocycles. The summed E-state index contributed by atoms with van der Waals surface area (Å²) in [6, 6.07) is 4.44. The Morgan fingerprint density at radius 2 is 1.93 bits per heavy atom. The van der Waals surface area contributed by atoms with E-state index in [4.69, 9.17) is 11.5 Å². The molecule has 148 valence electrons. The van der Waals surface area contributed by atoms with Gasteiger partial charge in [0.25, 0.3) is 5.91 Å². The van der Waals surface area contributed by atoms with E-state index in [-0.39, 0.29) is 28.2 Å². The van der Waals surface area contributed by atoms with Crippen molar-refractivity contribution in [2.75, 3.05) is 0 Å². The van der Waals surface area contributed by atoms with Crippen LogP contribution in [0.1, 0.15) is 29.8 Å². The number of carbonyl (C=O) groups is 1. The van der Waals surface area contributed by atoms with Gasteiger partial charge in [-0.2, -0.15) is 13.2 Å². The minimum absolute atomic E-state index is 0.0288. The molecule has 5 N–H and O–H groups in total. The van der Waals surface area contributed by atoms with E-state index in [0.29, 0.717) is 12.1 Å². The van der Waals surface area contributed by atoms with Gasteiger partial charge in [0, 0.05) is 18.1 Å². The molecule has 2 aromatic rings. The first-order valence-electron chi connectivity index (χ1n) is 7.81. The number of benzene rings is 1. The van der Waals surface area contributed by atoms with Crippen molar-refractivity contribution in [2.24, 2.45) is 16.5 Å². The van der Waals surface area contributed by atoms with Crippen LogP contribution in [0.3, 0.4) is 0 Å². The normalized spacial score (nSPS) is 14.1. The molecule has 0 spiro atoms. The maximum atomic E-state index is 13.6. The Morgan fingerprint density at radius 1 is 1.25 bits per heavy atom. The monoisotopic (exact) mass is 396 g/mol. The molecule has 6 nitrogen and oxygen atoms in total. The zero-order chi connectivity index (χ0) is 21.1. The Hall–Kier alpha value is -3.27. The highest BCUT2D eigenvalue weighted by Gasteiger charge is 2.32. The van der Waals surface area contributed by atoms with Crippen LogP contribution in [-0.2, 0) is 11.0 Å². The summed E-state index contributed by atoms with van der Waals surface area (Å²) in [7, 11) is 0. The lowest BCUT2D eigenvalue weighted by Crippen LogP contribution is -2.18. The highest BCUT2D eigenvalue weighted by molar-refractivity contribution is 6.12. The van der Waals surface area contributed by atoms with Crippen molar-refractivity contribution in [2.45, 2.75) is 19.2 Å². The van der Waals surface area contributed by atoms with E-state index in [0.717, 1.165) is 12.3 Å². The molecule has 2 rings (SSSR count). The first-order chi connectivity index (χ1) is 13.0. The fourth-order valence-corrected chi connectivity index (χ4v) is 2.27. The Kier molecular flexibility index (Phi) is 6.14. The Labute approximate surface area is 157 Å². The van der Waals surface area contributed by atoms with Crippen molar-refractivity contribution in [1.82, 2.24) is 4.98 Å². The summed E-state index contributed by atoms with van der Waals surface area (Å²) in [6.07, 6.45) is -4.03. The predicted molar refractivity (Wildman–Crippen MR) is 93.9 cm³/mol. The maximum Gasteiger partial charge on any atom is 0.416 e. The second-order valence-corrected chi connectivity index (χ2v) is 5.83. The van der Waals surface area contributed by atoms with Gasteiger partial charge in [0.05, 0.1) is 22.5 Å². The standard InChI is InChI=1S/C18H16F4N4O2/c1-9(23)14(17(24)28)8-26-13-2-3-25-15(7-13)16(27)10-4-11(18(20,21)22)6-12(19)5-10/h2-8,16,27H,23H2,1H3,(H2,24,28)/b14-9+,26-8?. The first-order valence-corrected chi connectivity index (χ1v) is 7.81. The molecule has 0 aliphatic heterocycles. The molecule has 1 amide bonds. The van der Waals surface area contributed by atoms with Crippen molar-refractivity contribution in [3.8, 4) is 0 Å². The van der Waals surface area contributed by atoms with Gasteiger partial charge in [-0.05, 0) is 42.8 Å². The number of nitrogens with zero attached hydrogens (tertiary/aromatic N) is 2. The minimum Gasteiger partial charge on any atom is -0.402 e. The van der Waals surface area contributed by atoms with Crippen LogP contribution in [-0.4, -0.2) is 22.2 Å². The fourth-order valence-electron chi connectivity index (χ4n) is 2.27. The van der Waals surface area contributed by atoms with E-state index in [1.807, 2.05) is 0 Å². The van der Waals surface area contributed by atoms with Crippen molar-refractivity contribution < 1.29 is 27.5 Å². The number of nitrogens with two attached hydrogens (primary N) is 2. The summed E-state index contributed by atoms with van der Waals surface area (Å²) in [5.74, 6) is -1.94. The fraction of sp³-hybridized carbons (Fsp3) is 0.167. The van der Waals surface area contributed by atoms with Crippen molar-refractivity contribution >= 4 is 17.8 Å². The third-order valence-electron chi connectivity index (χ3n) is 3.64. The zero-order valence-electron chi connectivity index (χ0n) is 14.5. The lowest BCUT2D eigenvalue weighted by molar-refractivity contribution is -0.137. The van der Waals surface area contributed by atoms with Crippen molar-refractivity contribution in [3.05, 3.63) is 70.4 Å². The third-order valence-corrected chi connectivity index (χ3v) is 3.64. The Balaban J connectivity index is 2.38. The van der Waals surface area contributed by atoms with Gasteiger partial charge in [-0.1, -0.05) is 0 Å². The highest BCUT2D eigenvalue weighted by Crippen LogP contribution is 2.33. The molecular formula is C18H16F4N4O2. The average Bonchev–Trinajstić information content (AvgIpc) is 2.59. The molecule has 0 aliphatic carbocycles. The molecule has 0 aliphatic rings. The molecule has 0 fully saturated rings. The molecule has 0 saturated carbocycles. The van der Waals surface area contributed by atoms with Gasteiger partial charge in [0.15, 0.2) is 0 Å². The molecule has 0 saturated heterocycles. The first kappa shape index (κ1) is 21.0. The van der Waals surface area contributed by atoms with Crippen LogP contribution in [0.4, 0.5) is 23.2 Å². The van der Waals surface area contributed by atoms with Gasteiger partial charge in [-0.25, -0.2) is 4.39 Å². The maximum absolute atomic E-state index is 13.6. The lowest BCUT2D eigenvalue weighted by atomic mass is 10.0. The number of allylic oxidation sites excluding steroid dienone is 1. The van der Waals surface area contributed by atoms with E-state index in [9.17, 15) is 27.5 Å². The molecular weight excluding hydrogens is 380 g/mol. The van der Waals surface area contributed by atoms with Gasteiger partial charge >= 0.3 is 6.18 Å². The number of aliphatic imine (C=N–C) groups is 1. The van der Waals surface area contributed by atoms with E-state index in [1.54, 1.807) is 0 Å². The molecule has 0 bridgehead atoms. The zero-order valence-corrected chi connectivity index (χ0v) is 14.5. The topological polar surface area (TPSA) is 115 Å². The molecule has 1 unspecified atom stereocenters. The number of carbonyl (C=O) groups excluding carboxylic acids is 1. The summed E-state index contributed by atoms with van der Waals surface area (Å²) >= 11 is 0. The quantitative estimate of drug-likeness (QED) is 0.410. The van der Waals surface area contributed by atoms with E-state index >= 15 is 0 Å². The number of aromatic nitrogens is 1. The molecule has 10 heteroatoms. The van der Waals surface area contributed by atoms with Crippen molar-refractivity contribution in [3.63, 3.8) is 0 Å². The van der Waals surface area contributed by atoms with Crippen molar-refractivity contribution in [1.29, 1.82) is 0 Å². The van der Waals surface area contributed by atoms with Gasteiger partial charge in [-0.3, -0.25) is 14.8 Å². The Morgan fingerprint density at radius 3 is 2.50 bits per heavy atom. The summed E-state index contributed by atoms with van der Waals surface area (Å²) in [5, 5.41) is 10.3. The van der Waals surface area contributed by atoms with E-state index in [2.05, 4.69) is 9.98 Å². The minimum atomic E-state index is -4.77. The Bertz CT molecular complexity index is 951. The van der Waals surface area contributed by atoms with Gasteiger partial charge in [0.2, 0.25) is 0 Å². The van der Waals surface area contributed by atoms with Gasteiger partial charge in [-0.15, -0.1) is 0 Å². The number of pyridine rings is 1. The number of hydrogen-bond donors (Lipinski definition) is 3. The van der Waals surface area contributed by atoms with Crippen LogP contribution in [0.2, 0.25) is 0 Å². The number of aliphatic hydroxyl groups is 1. The molecule has 1 heterocycles. The smallest absolute Gasteiger partial charge is 0.402 e. The number of hydrogen-bond acceptors (Lipinski definition) is 5. The number of rotatable bonds is 5. The molecule has 1 aromatic heterocycles. The number of alkyl halides is 3. The molecule has 28 heavy (non-hydrogen) atoms. The van der Waals surface area contributed by atoms with Crippen LogP contribution < -0.4 is 11.5 Å². The number of halogens is 4. The second kappa shape index (κ2) is 8.17.